The number of carbonyl (C=O) groups is 1. The molecule has 84 valence electrons. The molecule has 0 bridgehead atoms. The quantitative estimate of drug-likeness (QED) is 0.733. The van der Waals surface area contributed by atoms with Crippen molar-refractivity contribution in [3.8, 4) is 6.07 Å². The SMILES string of the molecule is CCC(=O)CN(CCC#N)c1ccccc1. The van der Waals surface area contributed by atoms with Gasteiger partial charge in [-0.15, -0.1) is 0 Å². The summed E-state index contributed by atoms with van der Waals surface area (Å²) in [4.78, 5) is 13.4. The molecule has 1 aromatic rings. The second-order valence-corrected chi connectivity index (χ2v) is 3.56. The van der Waals surface area contributed by atoms with Gasteiger partial charge in [0.25, 0.3) is 0 Å². The Labute approximate surface area is 96.3 Å². The summed E-state index contributed by atoms with van der Waals surface area (Å²) in [5.41, 5.74) is 1.000. The molecule has 0 aliphatic heterocycles. The summed E-state index contributed by atoms with van der Waals surface area (Å²) in [5, 5.41) is 8.59. The molecule has 3 heteroatoms. The summed E-state index contributed by atoms with van der Waals surface area (Å²) in [6, 6.07) is 11.8. The Kier molecular flexibility index (Phi) is 5.07. The van der Waals surface area contributed by atoms with Crippen molar-refractivity contribution in [1.82, 2.24) is 0 Å². The molecule has 0 radical (unpaired) electrons. The molecular formula is C13H16N2O. The zero-order chi connectivity index (χ0) is 11.8. The highest BCUT2D eigenvalue weighted by atomic mass is 16.1. The standard InChI is InChI=1S/C13H16N2O/c1-2-13(16)11-15(10-6-9-14)12-7-4-3-5-8-12/h3-5,7-8H,2,6,10-11H2,1H3. The van der Waals surface area contributed by atoms with Crippen LogP contribution in [0.25, 0.3) is 0 Å². The second-order valence-electron chi connectivity index (χ2n) is 3.56. The average Bonchev–Trinajstić information content (AvgIpc) is 2.35. The summed E-state index contributed by atoms with van der Waals surface area (Å²) in [6.45, 7) is 2.85. The van der Waals surface area contributed by atoms with Gasteiger partial charge in [-0.25, -0.2) is 0 Å². The summed E-state index contributed by atoms with van der Waals surface area (Å²) in [7, 11) is 0. The van der Waals surface area contributed by atoms with E-state index in [1.54, 1.807) is 0 Å². The Hall–Kier alpha value is -1.82. The summed E-state index contributed by atoms with van der Waals surface area (Å²) < 4.78 is 0. The average molecular weight is 216 g/mol. The van der Waals surface area contributed by atoms with Crippen LogP contribution in [0.3, 0.4) is 0 Å². The number of carbonyl (C=O) groups excluding carboxylic acids is 1. The molecule has 0 saturated heterocycles. The number of Topliss-reactive ketones (excluding diaryl/α,β-unsaturated/α-hetero) is 1. The van der Waals surface area contributed by atoms with Gasteiger partial charge in [-0.1, -0.05) is 25.1 Å². The summed E-state index contributed by atoms with van der Waals surface area (Å²) in [6.07, 6.45) is 0.974. The molecule has 0 N–H and O–H groups in total. The van der Waals surface area contributed by atoms with Crippen LogP contribution in [0.1, 0.15) is 19.8 Å². The van der Waals surface area contributed by atoms with Gasteiger partial charge in [0.2, 0.25) is 0 Å². The molecule has 1 rings (SSSR count). The second kappa shape index (κ2) is 6.62. The van der Waals surface area contributed by atoms with E-state index in [9.17, 15) is 4.79 Å². The van der Waals surface area contributed by atoms with Crippen LogP contribution < -0.4 is 4.90 Å². The zero-order valence-electron chi connectivity index (χ0n) is 9.52. The van der Waals surface area contributed by atoms with E-state index in [2.05, 4.69) is 6.07 Å². The van der Waals surface area contributed by atoms with Gasteiger partial charge >= 0.3 is 0 Å². The molecule has 0 atom stereocenters. The Morgan fingerprint density at radius 2 is 2.06 bits per heavy atom. The van der Waals surface area contributed by atoms with Gasteiger partial charge in [0.15, 0.2) is 5.78 Å². The Bertz CT molecular complexity index is 367. The fourth-order valence-electron chi connectivity index (χ4n) is 1.45. The molecule has 16 heavy (non-hydrogen) atoms. The normalized spacial score (nSPS) is 9.50. The van der Waals surface area contributed by atoms with Gasteiger partial charge in [0.05, 0.1) is 19.0 Å². The smallest absolute Gasteiger partial charge is 0.151 e. The van der Waals surface area contributed by atoms with Crippen molar-refractivity contribution in [3.05, 3.63) is 30.3 Å². The van der Waals surface area contributed by atoms with Crippen LogP contribution in [0.4, 0.5) is 5.69 Å². The van der Waals surface area contributed by atoms with Gasteiger partial charge in [-0.2, -0.15) is 5.26 Å². The molecule has 0 unspecified atom stereocenters. The highest BCUT2D eigenvalue weighted by Gasteiger charge is 2.09. The lowest BCUT2D eigenvalue weighted by Gasteiger charge is -2.22. The van der Waals surface area contributed by atoms with Crippen LogP contribution in [-0.2, 0) is 4.79 Å². The first-order chi connectivity index (χ1) is 7.77. The fourth-order valence-corrected chi connectivity index (χ4v) is 1.45. The Balaban J connectivity index is 2.71. The minimum Gasteiger partial charge on any atom is -0.363 e. The van der Waals surface area contributed by atoms with Crippen molar-refractivity contribution in [3.63, 3.8) is 0 Å². The Morgan fingerprint density at radius 3 is 2.62 bits per heavy atom. The van der Waals surface area contributed by atoms with Crippen LogP contribution in [0.15, 0.2) is 30.3 Å². The third-order valence-corrected chi connectivity index (χ3v) is 2.38. The van der Waals surface area contributed by atoms with Crippen molar-refractivity contribution in [2.75, 3.05) is 18.0 Å². The van der Waals surface area contributed by atoms with Crippen LogP contribution in [0.2, 0.25) is 0 Å². The lowest BCUT2D eigenvalue weighted by molar-refractivity contribution is -0.117. The molecule has 0 aliphatic carbocycles. The maximum absolute atomic E-state index is 11.4. The molecule has 1 aromatic carbocycles. The monoisotopic (exact) mass is 216 g/mol. The molecule has 0 fully saturated rings. The molecule has 3 nitrogen and oxygen atoms in total. The van der Waals surface area contributed by atoms with Crippen LogP contribution in [0.5, 0.6) is 0 Å². The van der Waals surface area contributed by atoms with Crippen LogP contribution >= 0.6 is 0 Å². The lowest BCUT2D eigenvalue weighted by atomic mass is 10.2. The summed E-state index contributed by atoms with van der Waals surface area (Å²) >= 11 is 0. The molecule has 0 aromatic heterocycles. The minimum absolute atomic E-state index is 0.196. The largest absolute Gasteiger partial charge is 0.363 e. The number of nitriles is 1. The molecule has 0 amide bonds. The van der Waals surface area contributed by atoms with Gasteiger partial charge in [-0.3, -0.25) is 4.79 Å². The predicted molar refractivity (Wildman–Crippen MR) is 64.2 cm³/mol. The van der Waals surface area contributed by atoms with E-state index in [-0.39, 0.29) is 5.78 Å². The highest BCUT2D eigenvalue weighted by Crippen LogP contribution is 2.13. The number of nitrogens with zero attached hydrogens (tertiary/aromatic N) is 2. The lowest BCUT2D eigenvalue weighted by Crippen LogP contribution is -2.30. The number of rotatable bonds is 6. The van der Waals surface area contributed by atoms with E-state index in [0.29, 0.717) is 25.9 Å². The third kappa shape index (κ3) is 3.74. The van der Waals surface area contributed by atoms with Gasteiger partial charge in [-0.05, 0) is 12.1 Å². The maximum atomic E-state index is 11.4. The Morgan fingerprint density at radius 1 is 1.38 bits per heavy atom. The van der Waals surface area contributed by atoms with E-state index in [0.717, 1.165) is 5.69 Å². The van der Waals surface area contributed by atoms with E-state index in [1.165, 1.54) is 0 Å². The van der Waals surface area contributed by atoms with Crippen molar-refractivity contribution in [2.24, 2.45) is 0 Å². The van der Waals surface area contributed by atoms with Gasteiger partial charge in [0, 0.05) is 18.7 Å². The molecule has 0 heterocycles. The summed E-state index contributed by atoms with van der Waals surface area (Å²) in [5.74, 6) is 0.196. The number of anilines is 1. The first-order valence-corrected chi connectivity index (χ1v) is 5.46. The number of hydrogen-bond acceptors (Lipinski definition) is 3. The molecule has 0 spiro atoms. The topological polar surface area (TPSA) is 44.1 Å². The molecular weight excluding hydrogens is 200 g/mol. The van der Waals surface area contributed by atoms with Crippen LogP contribution in [0, 0.1) is 11.3 Å². The van der Waals surface area contributed by atoms with Crippen LogP contribution in [-0.4, -0.2) is 18.9 Å². The number of benzene rings is 1. The van der Waals surface area contributed by atoms with E-state index in [1.807, 2.05) is 42.2 Å². The van der Waals surface area contributed by atoms with Crippen molar-refractivity contribution < 1.29 is 4.79 Å². The fraction of sp³-hybridized carbons (Fsp3) is 0.385. The maximum Gasteiger partial charge on any atom is 0.151 e. The first-order valence-electron chi connectivity index (χ1n) is 5.46. The molecule has 0 saturated carbocycles. The van der Waals surface area contributed by atoms with E-state index >= 15 is 0 Å². The van der Waals surface area contributed by atoms with Crippen molar-refractivity contribution in [1.29, 1.82) is 5.26 Å². The highest BCUT2D eigenvalue weighted by molar-refractivity contribution is 5.83. The van der Waals surface area contributed by atoms with Gasteiger partial charge in [0.1, 0.15) is 0 Å². The predicted octanol–water partition coefficient (Wildman–Crippen LogP) is 2.39. The third-order valence-electron chi connectivity index (χ3n) is 2.38. The van der Waals surface area contributed by atoms with E-state index < -0.39 is 0 Å². The van der Waals surface area contributed by atoms with Gasteiger partial charge < -0.3 is 4.90 Å². The number of hydrogen-bond donors (Lipinski definition) is 0. The van der Waals surface area contributed by atoms with Crippen molar-refractivity contribution in [2.45, 2.75) is 19.8 Å². The minimum atomic E-state index is 0.196. The molecule has 0 aliphatic rings. The first kappa shape index (κ1) is 12.3. The zero-order valence-corrected chi connectivity index (χ0v) is 9.52. The van der Waals surface area contributed by atoms with E-state index in [4.69, 9.17) is 5.26 Å². The number of ketones is 1. The van der Waals surface area contributed by atoms with Crippen molar-refractivity contribution >= 4 is 11.5 Å². The number of para-hydroxylation sites is 1.